The van der Waals surface area contributed by atoms with Crippen LogP contribution in [0.1, 0.15) is 24.8 Å². The highest BCUT2D eigenvalue weighted by molar-refractivity contribution is 6.30. The lowest BCUT2D eigenvalue weighted by molar-refractivity contribution is 0.193. The molecule has 4 rings (SSSR count). The molecule has 5 nitrogen and oxygen atoms in total. The van der Waals surface area contributed by atoms with Crippen LogP contribution < -0.4 is 5.32 Å². The van der Waals surface area contributed by atoms with Crippen LogP contribution in [-0.4, -0.2) is 44.8 Å². The first-order valence-corrected chi connectivity index (χ1v) is 8.29. The van der Waals surface area contributed by atoms with Crippen LogP contribution in [0.2, 0.25) is 5.02 Å². The number of benzene rings is 1. The van der Waals surface area contributed by atoms with Gasteiger partial charge in [-0.1, -0.05) is 17.7 Å². The summed E-state index contributed by atoms with van der Waals surface area (Å²) >= 11 is 6.19. The average Bonchev–Trinajstić information content (AvgIpc) is 3.09. The zero-order valence-corrected chi connectivity index (χ0v) is 13.2. The van der Waals surface area contributed by atoms with Crippen LogP contribution in [0.25, 0.3) is 5.69 Å². The molecule has 0 radical (unpaired) electrons. The van der Waals surface area contributed by atoms with Crippen molar-refractivity contribution in [1.29, 1.82) is 0 Å². The van der Waals surface area contributed by atoms with E-state index in [2.05, 4.69) is 26.4 Å². The molecule has 1 N–H and O–H groups in total. The fourth-order valence-electron chi connectivity index (χ4n) is 3.75. The predicted molar refractivity (Wildman–Crippen MR) is 86.2 cm³/mol. The molecular formula is C16H20ClN5. The van der Waals surface area contributed by atoms with E-state index in [-0.39, 0.29) is 0 Å². The van der Waals surface area contributed by atoms with Crippen LogP contribution >= 0.6 is 11.6 Å². The number of rotatable bonds is 3. The molecular weight excluding hydrogens is 298 g/mol. The summed E-state index contributed by atoms with van der Waals surface area (Å²) in [5, 5.41) is 8.56. The molecule has 22 heavy (non-hydrogen) atoms. The lowest BCUT2D eigenvalue weighted by Crippen LogP contribution is -2.37. The van der Waals surface area contributed by atoms with Gasteiger partial charge in [0.1, 0.15) is 12.7 Å². The van der Waals surface area contributed by atoms with E-state index in [1.54, 1.807) is 17.3 Å². The summed E-state index contributed by atoms with van der Waals surface area (Å²) in [5.41, 5.74) is 2.29. The number of hydrogen-bond acceptors (Lipinski definition) is 4. The summed E-state index contributed by atoms with van der Waals surface area (Å²) < 4.78 is 1.80. The molecule has 2 unspecified atom stereocenters. The smallest absolute Gasteiger partial charge is 0.138 e. The minimum Gasteiger partial charge on any atom is -0.315 e. The summed E-state index contributed by atoms with van der Waals surface area (Å²) in [6.07, 6.45) is 7.14. The summed E-state index contributed by atoms with van der Waals surface area (Å²) in [6, 6.07) is 7.40. The van der Waals surface area contributed by atoms with Crippen molar-refractivity contribution in [1.82, 2.24) is 25.0 Å². The Morgan fingerprint density at radius 1 is 1.23 bits per heavy atom. The van der Waals surface area contributed by atoms with Crippen LogP contribution in [0.15, 0.2) is 30.9 Å². The Labute approximate surface area is 135 Å². The molecule has 3 heterocycles. The van der Waals surface area contributed by atoms with Crippen molar-refractivity contribution in [3.63, 3.8) is 0 Å². The summed E-state index contributed by atoms with van der Waals surface area (Å²) in [7, 11) is 0. The first-order valence-electron chi connectivity index (χ1n) is 7.91. The van der Waals surface area contributed by atoms with Gasteiger partial charge in [-0.3, -0.25) is 4.90 Å². The van der Waals surface area contributed by atoms with E-state index < -0.39 is 0 Å². The van der Waals surface area contributed by atoms with Gasteiger partial charge in [0.05, 0.1) is 5.69 Å². The zero-order chi connectivity index (χ0) is 14.9. The van der Waals surface area contributed by atoms with E-state index in [1.807, 2.05) is 12.1 Å². The minimum atomic E-state index is 0.645. The normalized spacial score (nSPS) is 25.3. The van der Waals surface area contributed by atoms with Crippen molar-refractivity contribution < 1.29 is 0 Å². The van der Waals surface area contributed by atoms with E-state index in [9.17, 15) is 0 Å². The van der Waals surface area contributed by atoms with Crippen molar-refractivity contribution in [3.05, 3.63) is 41.4 Å². The molecule has 0 amide bonds. The first-order chi connectivity index (χ1) is 10.8. The first kappa shape index (κ1) is 14.2. The summed E-state index contributed by atoms with van der Waals surface area (Å²) in [4.78, 5) is 6.71. The lowest BCUT2D eigenvalue weighted by Gasteiger charge is -2.28. The van der Waals surface area contributed by atoms with Gasteiger partial charge in [-0.15, -0.1) is 0 Å². The Morgan fingerprint density at radius 3 is 3.00 bits per heavy atom. The number of nitrogens with zero attached hydrogens (tertiary/aromatic N) is 4. The topological polar surface area (TPSA) is 46.0 Å². The maximum atomic E-state index is 6.19. The Hall–Kier alpha value is -1.43. The number of fused-ring (bicyclic) bond motifs is 2. The second-order valence-corrected chi connectivity index (χ2v) is 6.60. The van der Waals surface area contributed by atoms with Crippen LogP contribution in [0.3, 0.4) is 0 Å². The third-order valence-corrected chi connectivity index (χ3v) is 5.11. The summed E-state index contributed by atoms with van der Waals surface area (Å²) in [5.74, 6) is 0. The zero-order valence-electron chi connectivity index (χ0n) is 12.5. The van der Waals surface area contributed by atoms with Crippen LogP contribution in [0, 0.1) is 0 Å². The maximum Gasteiger partial charge on any atom is 0.138 e. The Balaban J connectivity index is 1.65. The average molecular weight is 318 g/mol. The molecule has 2 atom stereocenters. The monoisotopic (exact) mass is 317 g/mol. The highest BCUT2D eigenvalue weighted by Gasteiger charge is 2.34. The van der Waals surface area contributed by atoms with Gasteiger partial charge in [-0.05, 0) is 43.5 Å². The Kier molecular flexibility index (Phi) is 3.86. The van der Waals surface area contributed by atoms with Gasteiger partial charge in [0.15, 0.2) is 0 Å². The summed E-state index contributed by atoms with van der Waals surface area (Å²) in [6.45, 7) is 3.18. The molecule has 2 bridgehead atoms. The quantitative estimate of drug-likeness (QED) is 0.943. The highest BCUT2D eigenvalue weighted by Crippen LogP contribution is 2.31. The maximum absolute atomic E-state index is 6.19. The molecule has 1 aromatic heterocycles. The minimum absolute atomic E-state index is 0.645. The molecule has 0 spiro atoms. The van der Waals surface area contributed by atoms with Gasteiger partial charge < -0.3 is 5.32 Å². The van der Waals surface area contributed by atoms with Gasteiger partial charge in [0.25, 0.3) is 0 Å². The second kappa shape index (κ2) is 5.99. The highest BCUT2D eigenvalue weighted by atomic mass is 35.5. The molecule has 2 fully saturated rings. The predicted octanol–water partition coefficient (Wildman–Crippen LogP) is 2.25. The largest absolute Gasteiger partial charge is 0.315 e. The van der Waals surface area contributed by atoms with E-state index in [1.165, 1.54) is 24.8 Å². The number of halogens is 1. The Bertz CT molecular complexity index is 628. The van der Waals surface area contributed by atoms with Gasteiger partial charge in [0, 0.05) is 30.2 Å². The molecule has 2 saturated heterocycles. The molecule has 1 aromatic carbocycles. The standard InChI is InChI=1S/C16H20ClN5/c17-13-2-1-12(16(7-13)22-11-19-10-20-22)9-21-14-3-4-15(21)8-18-6-5-14/h1-2,7,10-11,14-15,18H,3-6,8-9H2. The van der Waals surface area contributed by atoms with E-state index in [4.69, 9.17) is 11.6 Å². The van der Waals surface area contributed by atoms with E-state index in [0.29, 0.717) is 12.1 Å². The van der Waals surface area contributed by atoms with Gasteiger partial charge in [-0.25, -0.2) is 9.67 Å². The lowest BCUT2D eigenvalue weighted by atomic mass is 10.1. The molecule has 116 valence electrons. The van der Waals surface area contributed by atoms with Crippen LogP contribution in [0.4, 0.5) is 0 Å². The third kappa shape index (κ3) is 2.64. The number of aromatic nitrogens is 3. The molecule has 6 heteroatoms. The van der Waals surface area contributed by atoms with Crippen LogP contribution in [-0.2, 0) is 6.54 Å². The molecule has 2 aliphatic heterocycles. The number of hydrogen-bond donors (Lipinski definition) is 1. The molecule has 2 aliphatic rings. The number of nitrogens with one attached hydrogen (secondary N) is 1. The molecule has 2 aromatic rings. The Morgan fingerprint density at radius 2 is 2.14 bits per heavy atom. The fraction of sp³-hybridized carbons (Fsp3) is 0.500. The van der Waals surface area contributed by atoms with Crippen molar-refractivity contribution in [3.8, 4) is 5.69 Å². The van der Waals surface area contributed by atoms with Crippen molar-refractivity contribution in [2.24, 2.45) is 0 Å². The van der Waals surface area contributed by atoms with Crippen molar-refractivity contribution in [2.75, 3.05) is 13.1 Å². The van der Waals surface area contributed by atoms with Gasteiger partial charge in [-0.2, -0.15) is 5.10 Å². The van der Waals surface area contributed by atoms with Crippen molar-refractivity contribution in [2.45, 2.75) is 37.9 Å². The van der Waals surface area contributed by atoms with Gasteiger partial charge >= 0.3 is 0 Å². The third-order valence-electron chi connectivity index (χ3n) is 4.87. The molecule has 0 aliphatic carbocycles. The van der Waals surface area contributed by atoms with E-state index >= 15 is 0 Å². The second-order valence-electron chi connectivity index (χ2n) is 6.16. The van der Waals surface area contributed by atoms with Crippen LogP contribution in [0.5, 0.6) is 0 Å². The molecule has 0 saturated carbocycles. The fourth-order valence-corrected chi connectivity index (χ4v) is 3.92. The van der Waals surface area contributed by atoms with E-state index in [0.717, 1.165) is 30.3 Å². The van der Waals surface area contributed by atoms with Gasteiger partial charge in [0.2, 0.25) is 0 Å². The SMILES string of the molecule is Clc1ccc(CN2C3CCNCC2CC3)c(-n2cncn2)c1. The van der Waals surface area contributed by atoms with Crippen molar-refractivity contribution >= 4 is 11.6 Å².